The Kier molecular flexibility index (Phi) is 5.07. The van der Waals surface area contributed by atoms with Crippen molar-refractivity contribution < 1.29 is 5.11 Å². The first-order valence-electron chi connectivity index (χ1n) is 4.94. The monoisotopic (exact) mass is 224 g/mol. The van der Waals surface area contributed by atoms with Gasteiger partial charge < -0.3 is 15.7 Å². The van der Waals surface area contributed by atoms with Crippen LogP contribution >= 0.6 is 12.2 Å². The van der Waals surface area contributed by atoms with Gasteiger partial charge in [0.1, 0.15) is 0 Å². The molecule has 3 nitrogen and oxygen atoms in total. The van der Waals surface area contributed by atoms with Gasteiger partial charge in [0, 0.05) is 6.54 Å². The number of aliphatic hydroxyl groups is 1. The summed E-state index contributed by atoms with van der Waals surface area (Å²) < 4.78 is 0. The zero-order chi connectivity index (χ0) is 11.1. The fourth-order valence-electron chi connectivity index (χ4n) is 1.24. The molecule has 0 heterocycles. The van der Waals surface area contributed by atoms with Crippen molar-refractivity contribution in [3.05, 3.63) is 35.9 Å². The molecule has 0 fully saturated rings. The lowest BCUT2D eigenvalue weighted by Crippen LogP contribution is -2.38. The van der Waals surface area contributed by atoms with Crippen molar-refractivity contribution in [2.45, 2.75) is 13.0 Å². The van der Waals surface area contributed by atoms with Gasteiger partial charge in [0.2, 0.25) is 0 Å². The highest BCUT2D eigenvalue weighted by atomic mass is 32.1. The molecule has 0 aliphatic carbocycles. The molecule has 1 aromatic carbocycles. The summed E-state index contributed by atoms with van der Waals surface area (Å²) in [6.45, 7) is 2.61. The third-order valence-electron chi connectivity index (χ3n) is 2.04. The van der Waals surface area contributed by atoms with Crippen molar-refractivity contribution in [1.29, 1.82) is 0 Å². The molecule has 0 saturated heterocycles. The van der Waals surface area contributed by atoms with Crippen molar-refractivity contribution in [2.24, 2.45) is 0 Å². The first-order valence-corrected chi connectivity index (χ1v) is 5.35. The van der Waals surface area contributed by atoms with Crippen LogP contribution in [-0.2, 0) is 0 Å². The van der Waals surface area contributed by atoms with Crippen LogP contribution < -0.4 is 10.6 Å². The number of thiocarbonyl (C=S) groups is 1. The van der Waals surface area contributed by atoms with E-state index < -0.39 is 0 Å². The first kappa shape index (κ1) is 11.9. The second-order valence-electron chi connectivity index (χ2n) is 3.26. The van der Waals surface area contributed by atoms with Gasteiger partial charge in [0.05, 0.1) is 12.6 Å². The average Bonchev–Trinajstić information content (AvgIpc) is 2.27. The highest BCUT2D eigenvalue weighted by molar-refractivity contribution is 7.80. The zero-order valence-corrected chi connectivity index (χ0v) is 9.55. The van der Waals surface area contributed by atoms with Crippen molar-refractivity contribution in [1.82, 2.24) is 10.6 Å². The lowest BCUT2D eigenvalue weighted by molar-refractivity contribution is 0.300. The summed E-state index contributed by atoms with van der Waals surface area (Å²) in [4.78, 5) is 0. The van der Waals surface area contributed by atoms with Crippen LogP contribution in [0.15, 0.2) is 30.3 Å². The van der Waals surface area contributed by atoms with Crippen molar-refractivity contribution >= 4 is 17.3 Å². The molecule has 15 heavy (non-hydrogen) atoms. The molecular formula is C11H16N2OS. The number of aliphatic hydroxyl groups excluding tert-OH is 1. The Balaban J connectivity index is 2.42. The molecule has 1 aromatic rings. The molecule has 0 unspecified atom stereocenters. The topological polar surface area (TPSA) is 44.3 Å². The van der Waals surface area contributed by atoms with Gasteiger partial charge in [-0.2, -0.15) is 0 Å². The summed E-state index contributed by atoms with van der Waals surface area (Å²) in [6.07, 6.45) is 0. The van der Waals surface area contributed by atoms with Gasteiger partial charge in [-0.05, 0) is 24.7 Å². The Morgan fingerprint density at radius 1 is 1.40 bits per heavy atom. The Morgan fingerprint density at radius 3 is 2.67 bits per heavy atom. The summed E-state index contributed by atoms with van der Waals surface area (Å²) >= 11 is 5.06. The van der Waals surface area contributed by atoms with Crippen LogP contribution in [0.25, 0.3) is 0 Å². The van der Waals surface area contributed by atoms with Crippen LogP contribution in [-0.4, -0.2) is 23.4 Å². The van der Waals surface area contributed by atoms with Gasteiger partial charge in [0.25, 0.3) is 0 Å². The molecule has 82 valence electrons. The summed E-state index contributed by atoms with van der Waals surface area (Å²) in [5.41, 5.74) is 1.19. The molecule has 0 bridgehead atoms. The minimum Gasteiger partial charge on any atom is -0.395 e. The molecule has 1 atom stereocenters. The lowest BCUT2D eigenvalue weighted by Gasteiger charge is -2.16. The predicted octanol–water partition coefficient (Wildman–Crippen LogP) is 1.20. The molecule has 4 heteroatoms. The molecule has 0 radical (unpaired) electrons. The van der Waals surface area contributed by atoms with Crippen LogP contribution in [0.2, 0.25) is 0 Å². The maximum absolute atomic E-state index is 8.62. The van der Waals surface area contributed by atoms with E-state index in [0.29, 0.717) is 11.7 Å². The molecule has 1 rings (SSSR count). The minimum absolute atomic E-state index is 0.0849. The third kappa shape index (κ3) is 4.27. The van der Waals surface area contributed by atoms with Crippen molar-refractivity contribution in [2.75, 3.05) is 13.2 Å². The Labute approximate surface area is 95.5 Å². The van der Waals surface area contributed by atoms with Crippen molar-refractivity contribution in [3.63, 3.8) is 0 Å². The summed E-state index contributed by atoms with van der Waals surface area (Å²) in [5, 5.41) is 15.2. The van der Waals surface area contributed by atoms with E-state index >= 15 is 0 Å². The molecule has 0 aromatic heterocycles. The van der Waals surface area contributed by atoms with E-state index in [1.165, 1.54) is 5.56 Å². The van der Waals surface area contributed by atoms with Gasteiger partial charge in [-0.3, -0.25) is 0 Å². The number of hydrogen-bond donors (Lipinski definition) is 3. The zero-order valence-electron chi connectivity index (χ0n) is 8.73. The number of benzene rings is 1. The second-order valence-corrected chi connectivity index (χ2v) is 3.66. The minimum atomic E-state index is 0.0849. The van der Waals surface area contributed by atoms with E-state index in [0.717, 1.165) is 0 Å². The van der Waals surface area contributed by atoms with Gasteiger partial charge in [-0.1, -0.05) is 30.3 Å². The fourth-order valence-corrected chi connectivity index (χ4v) is 1.52. The first-order chi connectivity index (χ1) is 7.24. The summed E-state index contributed by atoms with van der Waals surface area (Å²) in [5.74, 6) is 0. The lowest BCUT2D eigenvalue weighted by atomic mass is 10.1. The Bertz CT molecular complexity index is 303. The fraction of sp³-hybridized carbons (Fsp3) is 0.364. The second kappa shape index (κ2) is 6.37. The third-order valence-corrected chi connectivity index (χ3v) is 2.31. The summed E-state index contributed by atoms with van der Waals surface area (Å²) in [6, 6.07) is 10.2. The molecule has 0 saturated carbocycles. The van der Waals surface area contributed by atoms with Gasteiger partial charge in [-0.25, -0.2) is 0 Å². The number of nitrogens with one attached hydrogen (secondary N) is 2. The highest BCUT2D eigenvalue weighted by Crippen LogP contribution is 2.10. The van der Waals surface area contributed by atoms with Gasteiger partial charge in [-0.15, -0.1) is 0 Å². The number of rotatable bonds is 4. The van der Waals surface area contributed by atoms with Crippen molar-refractivity contribution in [3.8, 4) is 0 Å². The molecule has 0 aliphatic heterocycles. The van der Waals surface area contributed by atoms with E-state index in [1.807, 2.05) is 37.3 Å². The van der Waals surface area contributed by atoms with E-state index in [4.69, 9.17) is 17.3 Å². The molecule has 3 N–H and O–H groups in total. The van der Waals surface area contributed by atoms with E-state index in [1.54, 1.807) is 0 Å². The molecule has 0 amide bonds. The number of hydrogen-bond acceptors (Lipinski definition) is 2. The quantitative estimate of drug-likeness (QED) is 0.673. The van der Waals surface area contributed by atoms with Crippen LogP contribution in [0, 0.1) is 0 Å². The summed E-state index contributed by atoms with van der Waals surface area (Å²) in [7, 11) is 0. The Hall–Kier alpha value is -1.13. The van der Waals surface area contributed by atoms with E-state index in [9.17, 15) is 0 Å². The van der Waals surface area contributed by atoms with Gasteiger partial charge in [0.15, 0.2) is 5.11 Å². The van der Waals surface area contributed by atoms with Crippen LogP contribution in [0.5, 0.6) is 0 Å². The maximum atomic E-state index is 8.62. The highest BCUT2D eigenvalue weighted by Gasteiger charge is 2.04. The molecule has 0 spiro atoms. The Morgan fingerprint density at radius 2 is 2.07 bits per heavy atom. The molecular weight excluding hydrogens is 208 g/mol. The van der Waals surface area contributed by atoms with E-state index in [2.05, 4.69) is 10.6 Å². The van der Waals surface area contributed by atoms with Crippen LogP contribution in [0.4, 0.5) is 0 Å². The van der Waals surface area contributed by atoms with E-state index in [-0.39, 0.29) is 12.6 Å². The van der Waals surface area contributed by atoms with Crippen LogP contribution in [0.1, 0.15) is 18.5 Å². The normalized spacial score (nSPS) is 11.9. The maximum Gasteiger partial charge on any atom is 0.166 e. The average molecular weight is 224 g/mol. The standard InChI is InChI=1S/C11H16N2OS/c1-9(10-5-3-2-4-6-10)13-11(15)12-7-8-14/h2-6,9,14H,7-8H2,1H3,(H2,12,13,15)/t9-/m0/s1. The molecule has 0 aliphatic rings. The van der Waals surface area contributed by atoms with Crippen LogP contribution in [0.3, 0.4) is 0 Å². The smallest absolute Gasteiger partial charge is 0.166 e. The SMILES string of the molecule is C[C@H](NC(=S)NCCO)c1ccccc1. The predicted molar refractivity (Wildman–Crippen MR) is 65.7 cm³/mol. The van der Waals surface area contributed by atoms with Gasteiger partial charge >= 0.3 is 0 Å². The largest absolute Gasteiger partial charge is 0.395 e.